The van der Waals surface area contributed by atoms with E-state index in [2.05, 4.69) is 0 Å². The highest BCUT2D eigenvalue weighted by atomic mass is 16.4. The molecule has 0 aromatic rings. The van der Waals surface area contributed by atoms with Gasteiger partial charge in [-0.05, 0) is 19.9 Å². The number of carboxylic acid groups (broad SMARTS) is 1. The number of rotatable bonds is 2. The van der Waals surface area contributed by atoms with Crippen molar-refractivity contribution in [2.24, 2.45) is 0 Å². The van der Waals surface area contributed by atoms with Gasteiger partial charge in [0.05, 0.1) is 0 Å². The van der Waals surface area contributed by atoms with Gasteiger partial charge in [-0.1, -0.05) is 11.6 Å². The minimum Gasteiger partial charge on any atom is -0.480 e. The Morgan fingerprint density at radius 1 is 1.67 bits per heavy atom. The number of hydrogen-bond acceptors (Lipinski definition) is 2. The molecule has 1 aliphatic rings. The van der Waals surface area contributed by atoms with E-state index in [1.807, 2.05) is 30.9 Å². The quantitative estimate of drug-likeness (QED) is 0.672. The van der Waals surface area contributed by atoms with E-state index in [-0.39, 0.29) is 6.54 Å². The molecule has 0 unspecified atom stereocenters. The fraction of sp³-hybridized carbons (Fsp3) is 0.444. The summed E-state index contributed by atoms with van der Waals surface area (Å²) in [4.78, 5) is 12.2. The number of carboxylic acids is 1. The Labute approximate surface area is 72.0 Å². The molecule has 0 aliphatic carbocycles. The molecule has 0 fully saturated rings. The summed E-state index contributed by atoms with van der Waals surface area (Å²) < 4.78 is 0. The summed E-state index contributed by atoms with van der Waals surface area (Å²) in [7, 11) is 0. The lowest BCUT2D eigenvalue weighted by Crippen LogP contribution is -2.30. The molecule has 66 valence electrons. The molecule has 0 amide bonds. The minimum absolute atomic E-state index is 0.0894. The van der Waals surface area contributed by atoms with Gasteiger partial charge in [-0.3, -0.25) is 4.79 Å². The molecule has 0 atom stereocenters. The predicted molar refractivity (Wildman–Crippen MR) is 46.7 cm³/mol. The molecule has 1 N–H and O–H groups in total. The molecule has 0 aromatic carbocycles. The van der Waals surface area contributed by atoms with Crippen molar-refractivity contribution in [3.8, 4) is 0 Å². The second-order valence-corrected chi connectivity index (χ2v) is 3.01. The smallest absolute Gasteiger partial charge is 0.323 e. The highest BCUT2D eigenvalue weighted by Crippen LogP contribution is 2.12. The standard InChI is InChI=1S/C9H13NO2/c1-7-3-4-10(6-9(11)12)8(2)5-7/h3,5H,4,6H2,1-2H3,(H,11,12). The number of aliphatic carboxylic acids is 1. The minimum atomic E-state index is -0.782. The van der Waals surface area contributed by atoms with Crippen LogP contribution in [-0.4, -0.2) is 29.1 Å². The Bertz CT molecular complexity index is 253. The van der Waals surface area contributed by atoms with Crippen molar-refractivity contribution in [1.82, 2.24) is 4.90 Å². The molecular weight excluding hydrogens is 154 g/mol. The molecule has 1 heterocycles. The highest BCUT2D eigenvalue weighted by Gasteiger charge is 2.11. The lowest BCUT2D eigenvalue weighted by Gasteiger charge is -2.25. The van der Waals surface area contributed by atoms with E-state index in [9.17, 15) is 4.79 Å². The van der Waals surface area contributed by atoms with Gasteiger partial charge in [0.1, 0.15) is 6.54 Å². The number of hydrogen-bond donors (Lipinski definition) is 1. The monoisotopic (exact) mass is 167 g/mol. The Balaban J connectivity index is 2.62. The maximum absolute atomic E-state index is 10.4. The average molecular weight is 167 g/mol. The van der Waals surface area contributed by atoms with E-state index in [0.29, 0.717) is 6.54 Å². The van der Waals surface area contributed by atoms with Crippen LogP contribution in [-0.2, 0) is 4.79 Å². The van der Waals surface area contributed by atoms with Gasteiger partial charge >= 0.3 is 5.97 Å². The summed E-state index contributed by atoms with van der Waals surface area (Å²) in [6, 6.07) is 0. The van der Waals surface area contributed by atoms with Crippen LogP contribution in [0, 0.1) is 0 Å². The van der Waals surface area contributed by atoms with Gasteiger partial charge in [-0.25, -0.2) is 0 Å². The molecular formula is C9H13NO2. The van der Waals surface area contributed by atoms with Crippen LogP contribution in [0.15, 0.2) is 23.4 Å². The van der Waals surface area contributed by atoms with Crippen LogP contribution < -0.4 is 0 Å². The van der Waals surface area contributed by atoms with Gasteiger partial charge in [-0.2, -0.15) is 0 Å². The SMILES string of the molecule is CC1=CCN(CC(=O)O)C(C)=C1. The third kappa shape index (κ3) is 2.12. The fourth-order valence-electron chi connectivity index (χ4n) is 1.23. The zero-order valence-corrected chi connectivity index (χ0v) is 7.37. The molecule has 0 saturated heterocycles. The lowest BCUT2D eigenvalue weighted by atomic mass is 10.1. The first-order chi connectivity index (χ1) is 5.59. The van der Waals surface area contributed by atoms with Gasteiger partial charge in [0.15, 0.2) is 0 Å². The molecule has 12 heavy (non-hydrogen) atoms. The summed E-state index contributed by atoms with van der Waals surface area (Å²) >= 11 is 0. The van der Waals surface area contributed by atoms with Crippen molar-refractivity contribution in [2.75, 3.05) is 13.1 Å². The molecule has 3 nitrogen and oxygen atoms in total. The summed E-state index contributed by atoms with van der Waals surface area (Å²) in [5.41, 5.74) is 2.23. The third-order valence-corrected chi connectivity index (χ3v) is 1.90. The molecule has 0 aromatic heterocycles. The molecule has 0 bridgehead atoms. The molecule has 0 spiro atoms. The summed E-state index contributed by atoms with van der Waals surface area (Å²) in [6.07, 6.45) is 4.02. The molecule has 3 heteroatoms. The zero-order chi connectivity index (χ0) is 9.14. The Morgan fingerprint density at radius 2 is 2.33 bits per heavy atom. The van der Waals surface area contributed by atoms with Gasteiger partial charge in [0, 0.05) is 12.2 Å². The first kappa shape index (κ1) is 8.84. The maximum atomic E-state index is 10.4. The fourth-order valence-corrected chi connectivity index (χ4v) is 1.23. The van der Waals surface area contributed by atoms with Crippen LogP contribution in [0.4, 0.5) is 0 Å². The van der Waals surface area contributed by atoms with Crippen molar-refractivity contribution >= 4 is 5.97 Å². The first-order valence-electron chi connectivity index (χ1n) is 3.91. The number of allylic oxidation sites excluding steroid dienone is 3. The van der Waals surface area contributed by atoms with Crippen molar-refractivity contribution in [2.45, 2.75) is 13.8 Å². The number of carbonyl (C=O) groups is 1. The van der Waals surface area contributed by atoms with E-state index < -0.39 is 5.97 Å². The van der Waals surface area contributed by atoms with E-state index >= 15 is 0 Å². The maximum Gasteiger partial charge on any atom is 0.323 e. The molecule has 1 aliphatic heterocycles. The van der Waals surface area contributed by atoms with Crippen LogP contribution in [0.25, 0.3) is 0 Å². The van der Waals surface area contributed by atoms with E-state index in [0.717, 1.165) is 5.70 Å². The Kier molecular flexibility index (Phi) is 2.53. The molecule has 0 radical (unpaired) electrons. The van der Waals surface area contributed by atoms with E-state index in [1.165, 1.54) is 5.57 Å². The highest BCUT2D eigenvalue weighted by molar-refractivity contribution is 5.69. The largest absolute Gasteiger partial charge is 0.480 e. The predicted octanol–water partition coefficient (Wildman–Crippen LogP) is 1.24. The second kappa shape index (κ2) is 3.43. The topological polar surface area (TPSA) is 40.5 Å². The summed E-state index contributed by atoms with van der Waals surface area (Å²) in [5.74, 6) is -0.782. The summed E-state index contributed by atoms with van der Waals surface area (Å²) in [5, 5.41) is 8.56. The van der Waals surface area contributed by atoms with Gasteiger partial charge in [0.25, 0.3) is 0 Å². The van der Waals surface area contributed by atoms with Gasteiger partial charge in [0.2, 0.25) is 0 Å². The van der Waals surface area contributed by atoms with E-state index in [4.69, 9.17) is 5.11 Å². The normalized spacial score (nSPS) is 17.0. The van der Waals surface area contributed by atoms with Crippen LogP contribution in [0.5, 0.6) is 0 Å². The second-order valence-electron chi connectivity index (χ2n) is 3.01. The van der Waals surface area contributed by atoms with Crippen LogP contribution in [0.3, 0.4) is 0 Å². The van der Waals surface area contributed by atoms with Crippen LogP contribution in [0.2, 0.25) is 0 Å². The zero-order valence-electron chi connectivity index (χ0n) is 7.37. The number of nitrogens with zero attached hydrogens (tertiary/aromatic N) is 1. The van der Waals surface area contributed by atoms with Gasteiger partial charge in [-0.15, -0.1) is 0 Å². The van der Waals surface area contributed by atoms with Crippen LogP contribution >= 0.6 is 0 Å². The Morgan fingerprint density at radius 3 is 2.83 bits per heavy atom. The lowest BCUT2D eigenvalue weighted by molar-refractivity contribution is -0.137. The van der Waals surface area contributed by atoms with E-state index in [1.54, 1.807) is 0 Å². The Hall–Kier alpha value is -1.25. The van der Waals surface area contributed by atoms with Crippen molar-refractivity contribution in [3.05, 3.63) is 23.4 Å². The van der Waals surface area contributed by atoms with Gasteiger partial charge < -0.3 is 10.0 Å². The third-order valence-electron chi connectivity index (χ3n) is 1.90. The van der Waals surface area contributed by atoms with Crippen molar-refractivity contribution in [3.63, 3.8) is 0 Å². The van der Waals surface area contributed by atoms with Crippen molar-refractivity contribution < 1.29 is 9.90 Å². The molecule has 1 rings (SSSR count). The average Bonchev–Trinajstić information content (AvgIpc) is 1.94. The van der Waals surface area contributed by atoms with Crippen LogP contribution in [0.1, 0.15) is 13.8 Å². The first-order valence-corrected chi connectivity index (χ1v) is 3.91. The summed E-state index contributed by atoms with van der Waals surface area (Å²) in [6.45, 7) is 4.74. The molecule has 0 saturated carbocycles. The van der Waals surface area contributed by atoms with Crippen molar-refractivity contribution in [1.29, 1.82) is 0 Å².